The number of Topliss-reactive ketones (excluding diaryl/α,β-unsaturated/α-hetero) is 1. The van der Waals surface area contributed by atoms with Gasteiger partial charge in [-0.05, 0) is 31.2 Å². The summed E-state index contributed by atoms with van der Waals surface area (Å²) < 4.78 is 5.52. The van der Waals surface area contributed by atoms with Crippen molar-refractivity contribution < 1.29 is 9.21 Å². The summed E-state index contributed by atoms with van der Waals surface area (Å²) in [5.41, 5.74) is 1.91. The lowest BCUT2D eigenvalue weighted by atomic mass is 10.1. The van der Waals surface area contributed by atoms with E-state index >= 15 is 0 Å². The van der Waals surface area contributed by atoms with Crippen molar-refractivity contribution >= 4 is 16.8 Å². The number of rotatable bonds is 4. The summed E-state index contributed by atoms with van der Waals surface area (Å²) in [6, 6.07) is 7.65. The molecule has 0 saturated carbocycles. The number of benzene rings is 1. The topological polar surface area (TPSA) is 42.2 Å². The molecule has 0 aliphatic rings. The number of ketones is 1. The van der Waals surface area contributed by atoms with Crippen LogP contribution >= 0.6 is 0 Å². The van der Waals surface area contributed by atoms with Gasteiger partial charge in [0.2, 0.25) is 5.78 Å². The van der Waals surface area contributed by atoms with Gasteiger partial charge in [0, 0.05) is 5.39 Å². The van der Waals surface area contributed by atoms with E-state index in [4.69, 9.17) is 4.42 Å². The summed E-state index contributed by atoms with van der Waals surface area (Å²) in [6.45, 7) is 5.09. The van der Waals surface area contributed by atoms with E-state index in [0.717, 1.165) is 23.1 Å². The van der Waals surface area contributed by atoms with E-state index in [-0.39, 0.29) is 5.78 Å². The lowest BCUT2D eigenvalue weighted by molar-refractivity contribution is 0.0967. The van der Waals surface area contributed by atoms with Gasteiger partial charge in [-0.1, -0.05) is 19.1 Å². The molecule has 84 valence electrons. The highest BCUT2D eigenvalue weighted by atomic mass is 16.3. The predicted octanol–water partition coefficient (Wildman–Crippen LogP) is 2.53. The summed E-state index contributed by atoms with van der Waals surface area (Å²) in [7, 11) is 0. The van der Waals surface area contributed by atoms with Crippen molar-refractivity contribution in [2.75, 3.05) is 13.1 Å². The first kappa shape index (κ1) is 10.9. The molecule has 16 heavy (non-hydrogen) atoms. The lowest BCUT2D eigenvalue weighted by Crippen LogP contribution is -2.22. The van der Waals surface area contributed by atoms with Crippen molar-refractivity contribution in [3.05, 3.63) is 35.6 Å². The number of furan rings is 1. The monoisotopic (exact) mass is 217 g/mol. The molecule has 1 aromatic carbocycles. The van der Waals surface area contributed by atoms with Gasteiger partial charge in [-0.2, -0.15) is 0 Å². The third-order valence-electron chi connectivity index (χ3n) is 2.59. The Balaban J connectivity index is 2.32. The Morgan fingerprint density at radius 3 is 2.94 bits per heavy atom. The Labute approximate surface area is 94.4 Å². The molecule has 1 aromatic heterocycles. The predicted molar refractivity (Wildman–Crippen MR) is 63.8 cm³/mol. The molecule has 1 N–H and O–H groups in total. The number of carbonyl (C=O) groups is 1. The molecule has 0 saturated heterocycles. The van der Waals surface area contributed by atoms with Crippen molar-refractivity contribution in [1.82, 2.24) is 5.32 Å². The van der Waals surface area contributed by atoms with Crippen LogP contribution in [-0.4, -0.2) is 18.9 Å². The number of likely N-dealkylation sites (N-methyl/N-ethyl adjacent to an activating group) is 1. The summed E-state index contributed by atoms with van der Waals surface area (Å²) in [5.74, 6) is 0.433. The van der Waals surface area contributed by atoms with Crippen LogP contribution < -0.4 is 5.32 Å². The minimum Gasteiger partial charge on any atom is -0.453 e. The fourth-order valence-electron chi connectivity index (χ4n) is 1.67. The molecule has 0 fully saturated rings. The number of hydrogen-bond donors (Lipinski definition) is 1. The Bertz CT molecular complexity index is 514. The molecular weight excluding hydrogens is 202 g/mol. The first-order valence-electron chi connectivity index (χ1n) is 5.45. The van der Waals surface area contributed by atoms with Crippen LogP contribution in [0.5, 0.6) is 0 Å². The molecule has 0 unspecified atom stereocenters. The average molecular weight is 217 g/mol. The van der Waals surface area contributed by atoms with Crippen LogP contribution in [0, 0.1) is 6.92 Å². The molecule has 2 rings (SSSR count). The molecule has 0 aliphatic carbocycles. The van der Waals surface area contributed by atoms with Crippen molar-refractivity contribution in [2.45, 2.75) is 13.8 Å². The molecule has 3 heteroatoms. The molecule has 0 spiro atoms. The van der Waals surface area contributed by atoms with Gasteiger partial charge in [0.05, 0.1) is 6.54 Å². The number of aryl methyl sites for hydroxylation is 1. The lowest BCUT2D eigenvalue weighted by Gasteiger charge is -1.96. The van der Waals surface area contributed by atoms with Gasteiger partial charge < -0.3 is 9.73 Å². The third kappa shape index (κ3) is 1.99. The van der Waals surface area contributed by atoms with Crippen LogP contribution in [0.1, 0.15) is 23.0 Å². The highest BCUT2D eigenvalue weighted by Gasteiger charge is 2.12. The van der Waals surface area contributed by atoms with Gasteiger partial charge >= 0.3 is 0 Å². The largest absolute Gasteiger partial charge is 0.453 e. The zero-order valence-electron chi connectivity index (χ0n) is 9.54. The fraction of sp³-hybridized carbons (Fsp3) is 0.308. The van der Waals surface area contributed by atoms with Gasteiger partial charge in [-0.25, -0.2) is 0 Å². The Hall–Kier alpha value is -1.61. The molecule has 1 heterocycles. The Morgan fingerprint density at radius 1 is 1.44 bits per heavy atom. The standard InChI is InChI=1S/C13H15NO2/c1-3-14-8-11(15)13-7-10-9(2)5-4-6-12(10)16-13/h4-7,14H,3,8H2,1-2H3. The molecule has 3 nitrogen and oxygen atoms in total. The summed E-state index contributed by atoms with van der Waals surface area (Å²) >= 11 is 0. The highest BCUT2D eigenvalue weighted by Crippen LogP contribution is 2.22. The molecule has 0 amide bonds. The van der Waals surface area contributed by atoms with Gasteiger partial charge in [0.15, 0.2) is 5.76 Å². The second-order valence-electron chi connectivity index (χ2n) is 3.80. The van der Waals surface area contributed by atoms with E-state index in [1.165, 1.54) is 0 Å². The number of carbonyl (C=O) groups excluding carboxylic acids is 1. The number of fused-ring (bicyclic) bond motifs is 1. The minimum atomic E-state index is -0.00236. The highest BCUT2D eigenvalue weighted by molar-refractivity contribution is 5.99. The summed E-state index contributed by atoms with van der Waals surface area (Å²) in [6.07, 6.45) is 0. The number of hydrogen-bond acceptors (Lipinski definition) is 3. The number of nitrogens with one attached hydrogen (secondary N) is 1. The van der Waals surface area contributed by atoms with E-state index < -0.39 is 0 Å². The van der Waals surface area contributed by atoms with E-state index in [1.807, 2.05) is 38.1 Å². The van der Waals surface area contributed by atoms with Crippen LogP contribution in [0.3, 0.4) is 0 Å². The van der Waals surface area contributed by atoms with Gasteiger partial charge in [0.1, 0.15) is 5.58 Å². The van der Waals surface area contributed by atoms with Gasteiger partial charge in [-0.3, -0.25) is 4.79 Å². The smallest absolute Gasteiger partial charge is 0.211 e. The maximum absolute atomic E-state index is 11.7. The van der Waals surface area contributed by atoms with Crippen molar-refractivity contribution in [3.63, 3.8) is 0 Å². The Kier molecular flexibility index (Phi) is 3.06. The summed E-state index contributed by atoms with van der Waals surface area (Å²) in [5, 5.41) is 4.01. The SMILES string of the molecule is CCNCC(=O)c1cc2c(C)cccc2o1. The van der Waals surface area contributed by atoms with E-state index in [1.54, 1.807) is 0 Å². The minimum absolute atomic E-state index is 0.00236. The molecule has 0 aliphatic heterocycles. The molecule has 0 bridgehead atoms. The van der Waals surface area contributed by atoms with Crippen LogP contribution in [0.25, 0.3) is 11.0 Å². The molecule has 0 radical (unpaired) electrons. The van der Waals surface area contributed by atoms with E-state index in [0.29, 0.717) is 12.3 Å². The normalized spacial score (nSPS) is 10.9. The van der Waals surface area contributed by atoms with Crippen LogP contribution in [0.2, 0.25) is 0 Å². The Morgan fingerprint density at radius 2 is 2.25 bits per heavy atom. The molecular formula is C13H15NO2. The molecule has 0 atom stereocenters. The van der Waals surface area contributed by atoms with Gasteiger partial charge in [0.25, 0.3) is 0 Å². The van der Waals surface area contributed by atoms with E-state index in [2.05, 4.69) is 5.32 Å². The van der Waals surface area contributed by atoms with Crippen LogP contribution in [0.15, 0.2) is 28.7 Å². The maximum Gasteiger partial charge on any atom is 0.211 e. The maximum atomic E-state index is 11.7. The second kappa shape index (κ2) is 4.49. The van der Waals surface area contributed by atoms with Crippen LogP contribution in [0.4, 0.5) is 0 Å². The molecule has 2 aromatic rings. The van der Waals surface area contributed by atoms with Crippen molar-refractivity contribution in [1.29, 1.82) is 0 Å². The van der Waals surface area contributed by atoms with Crippen LogP contribution in [-0.2, 0) is 0 Å². The van der Waals surface area contributed by atoms with Gasteiger partial charge in [-0.15, -0.1) is 0 Å². The first-order chi connectivity index (χ1) is 7.72. The quantitative estimate of drug-likeness (QED) is 0.800. The summed E-state index contributed by atoms with van der Waals surface area (Å²) in [4.78, 5) is 11.7. The third-order valence-corrected chi connectivity index (χ3v) is 2.59. The van der Waals surface area contributed by atoms with Crippen molar-refractivity contribution in [3.8, 4) is 0 Å². The average Bonchev–Trinajstić information content (AvgIpc) is 2.71. The van der Waals surface area contributed by atoms with E-state index in [9.17, 15) is 4.79 Å². The fourth-order valence-corrected chi connectivity index (χ4v) is 1.67. The first-order valence-corrected chi connectivity index (χ1v) is 5.45. The van der Waals surface area contributed by atoms with Crippen molar-refractivity contribution in [2.24, 2.45) is 0 Å². The zero-order valence-corrected chi connectivity index (χ0v) is 9.54. The second-order valence-corrected chi connectivity index (χ2v) is 3.80. The zero-order chi connectivity index (χ0) is 11.5.